The van der Waals surface area contributed by atoms with E-state index >= 15 is 0 Å². The van der Waals surface area contributed by atoms with Crippen molar-refractivity contribution in [3.05, 3.63) is 23.0 Å². The first-order valence-electron chi connectivity index (χ1n) is 13.3. The third-order valence-corrected chi connectivity index (χ3v) is 11.1. The van der Waals surface area contributed by atoms with E-state index in [4.69, 9.17) is 4.74 Å². The zero-order valence-corrected chi connectivity index (χ0v) is 20.0. The maximum atomic E-state index is 9.59. The molecule has 6 rings (SSSR count). The van der Waals surface area contributed by atoms with E-state index in [-0.39, 0.29) is 5.60 Å². The number of aliphatic hydroxyl groups excluding tert-OH is 1. The Morgan fingerprint density at radius 3 is 2.87 bits per heavy atom. The van der Waals surface area contributed by atoms with Crippen molar-refractivity contribution < 1.29 is 9.84 Å². The van der Waals surface area contributed by atoms with Gasteiger partial charge in [-0.05, 0) is 125 Å². The van der Waals surface area contributed by atoms with Gasteiger partial charge in [0.1, 0.15) is 0 Å². The van der Waals surface area contributed by atoms with Crippen LogP contribution in [0.1, 0.15) is 91.4 Å². The lowest BCUT2D eigenvalue weighted by Gasteiger charge is -2.53. The molecular formula is C28H43NO2. The second-order valence-corrected chi connectivity index (χ2v) is 12.8. The molecule has 9 atom stereocenters. The van der Waals surface area contributed by atoms with E-state index in [1.54, 1.807) is 5.57 Å². The van der Waals surface area contributed by atoms with Gasteiger partial charge < -0.3 is 15.2 Å². The van der Waals surface area contributed by atoms with Crippen LogP contribution in [-0.2, 0) is 4.74 Å². The molecule has 3 nitrogen and oxygen atoms in total. The van der Waals surface area contributed by atoms with Gasteiger partial charge in [0, 0.05) is 6.04 Å². The molecule has 0 aromatic heterocycles. The van der Waals surface area contributed by atoms with Crippen LogP contribution in [0.15, 0.2) is 23.0 Å². The molecule has 0 unspecified atom stereocenters. The number of ether oxygens (including phenoxy) is 1. The summed E-state index contributed by atoms with van der Waals surface area (Å²) in [6.07, 6.45) is 15.8. The number of piperidine rings is 1. The van der Waals surface area contributed by atoms with E-state index in [9.17, 15) is 5.11 Å². The summed E-state index contributed by atoms with van der Waals surface area (Å²) in [5.41, 5.74) is 5.42. The highest BCUT2D eigenvalue weighted by atomic mass is 16.5. The predicted molar refractivity (Wildman–Crippen MR) is 125 cm³/mol. The summed E-state index contributed by atoms with van der Waals surface area (Å²) in [5, 5.41) is 13.4. The molecule has 2 saturated heterocycles. The van der Waals surface area contributed by atoms with Crippen molar-refractivity contribution in [3.63, 3.8) is 0 Å². The maximum absolute atomic E-state index is 9.59. The third kappa shape index (κ3) is 3.20. The van der Waals surface area contributed by atoms with E-state index in [0.717, 1.165) is 42.4 Å². The van der Waals surface area contributed by atoms with Crippen molar-refractivity contribution in [2.24, 2.45) is 35.0 Å². The quantitative estimate of drug-likeness (QED) is 0.353. The number of aliphatic hydroxyl groups is 1. The molecule has 5 fully saturated rings. The first-order chi connectivity index (χ1) is 14.9. The Bertz CT molecular complexity index is 801. The fraction of sp³-hybridized carbons (Fsp3) is 0.857. The van der Waals surface area contributed by atoms with Gasteiger partial charge in [0.25, 0.3) is 0 Å². The molecule has 6 aliphatic rings. The molecule has 0 aromatic rings. The fourth-order valence-corrected chi connectivity index (χ4v) is 9.41. The Morgan fingerprint density at radius 2 is 2.03 bits per heavy atom. The SMILES string of the molecule is CC1=C2C[C@H]3[C@@H](CC[C@@H]4C/C(=C/O)CC[C@@]43C)[C@@H]2CC[C@]2(C1)C[C@@H]1NC[C@@H](C)C[C@H]1O2. The van der Waals surface area contributed by atoms with Crippen LogP contribution in [0.25, 0.3) is 0 Å². The number of nitrogens with one attached hydrogen (secondary N) is 1. The molecule has 31 heavy (non-hydrogen) atoms. The van der Waals surface area contributed by atoms with Gasteiger partial charge in [-0.25, -0.2) is 0 Å². The standard InChI is InChI=1S/C28H43NO2/c1-17-10-26-25(29-15-17)14-28(31-26)9-7-21-22-5-4-20-11-19(16-30)6-8-27(20,3)24(22)12-23(21)18(2)13-28/h16-17,20-22,24-26,29-30H,4-15H2,1-3H3/b19-16+/t17-,20+,21-,22-,24-,25-,26+,27-,28-/m0/s1. The predicted octanol–water partition coefficient (Wildman–Crippen LogP) is 6.31. The first-order valence-corrected chi connectivity index (χ1v) is 13.3. The Balaban J connectivity index is 1.25. The second kappa shape index (κ2) is 7.35. The van der Waals surface area contributed by atoms with Crippen LogP contribution >= 0.6 is 0 Å². The largest absolute Gasteiger partial charge is 0.516 e. The molecule has 2 N–H and O–H groups in total. The normalized spacial score (nSPS) is 53.1. The van der Waals surface area contributed by atoms with Gasteiger partial charge in [-0.2, -0.15) is 0 Å². The molecule has 0 amide bonds. The van der Waals surface area contributed by atoms with Crippen molar-refractivity contribution >= 4 is 0 Å². The van der Waals surface area contributed by atoms with E-state index in [1.807, 2.05) is 5.57 Å². The average Bonchev–Trinajstić information content (AvgIpc) is 3.26. The minimum atomic E-state index is 0.107. The maximum Gasteiger partial charge on any atom is 0.0783 e. The van der Waals surface area contributed by atoms with Crippen LogP contribution in [0.5, 0.6) is 0 Å². The van der Waals surface area contributed by atoms with E-state index in [2.05, 4.69) is 26.1 Å². The lowest BCUT2D eigenvalue weighted by atomic mass is 9.52. The van der Waals surface area contributed by atoms with Gasteiger partial charge in [0.15, 0.2) is 0 Å². The van der Waals surface area contributed by atoms with E-state index in [1.165, 1.54) is 76.2 Å². The molecule has 1 spiro atoms. The van der Waals surface area contributed by atoms with Crippen molar-refractivity contribution in [1.82, 2.24) is 5.32 Å². The lowest BCUT2D eigenvalue weighted by Crippen LogP contribution is -2.45. The first kappa shape index (κ1) is 20.8. The Morgan fingerprint density at radius 1 is 1.16 bits per heavy atom. The van der Waals surface area contributed by atoms with Crippen LogP contribution in [0.4, 0.5) is 0 Å². The summed E-state index contributed by atoms with van der Waals surface area (Å²) in [6, 6.07) is 0.588. The van der Waals surface area contributed by atoms with Crippen molar-refractivity contribution in [1.29, 1.82) is 0 Å². The number of hydrogen-bond donors (Lipinski definition) is 2. The third-order valence-electron chi connectivity index (χ3n) is 11.1. The minimum absolute atomic E-state index is 0.107. The smallest absolute Gasteiger partial charge is 0.0783 e. The monoisotopic (exact) mass is 425 g/mol. The van der Waals surface area contributed by atoms with Crippen molar-refractivity contribution in [2.75, 3.05) is 6.54 Å². The Labute approximate surface area is 189 Å². The van der Waals surface area contributed by atoms with Crippen LogP contribution in [0, 0.1) is 35.0 Å². The number of hydrogen-bond acceptors (Lipinski definition) is 3. The number of allylic oxidation sites excluding steroid dienone is 2. The number of fused-ring (bicyclic) bond motifs is 6. The van der Waals surface area contributed by atoms with Crippen LogP contribution < -0.4 is 5.32 Å². The molecule has 2 heterocycles. The Hall–Kier alpha value is -0.800. The summed E-state index contributed by atoms with van der Waals surface area (Å²) in [5.74, 6) is 4.10. The zero-order chi connectivity index (χ0) is 21.4. The van der Waals surface area contributed by atoms with E-state index in [0.29, 0.717) is 17.6 Å². The second-order valence-electron chi connectivity index (χ2n) is 12.8. The fourth-order valence-electron chi connectivity index (χ4n) is 9.41. The summed E-state index contributed by atoms with van der Waals surface area (Å²) in [6.45, 7) is 8.61. The lowest BCUT2D eigenvalue weighted by molar-refractivity contribution is -0.0633. The zero-order valence-electron chi connectivity index (χ0n) is 20.0. The molecule has 172 valence electrons. The Kier molecular flexibility index (Phi) is 4.93. The summed E-state index contributed by atoms with van der Waals surface area (Å²) in [7, 11) is 0. The molecule has 0 bridgehead atoms. The highest BCUT2D eigenvalue weighted by Gasteiger charge is 2.57. The summed E-state index contributed by atoms with van der Waals surface area (Å²) >= 11 is 0. The molecule has 3 saturated carbocycles. The van der Waals surface area contributed by atoms with Crippen LogP contribution in [-0.4, -0.2) is 29.4 Å². The highest BCUT2D eigenvalue weighted by Crippen LogP contribution is 2.65. The van der Waals surface area contributed by atoms with Gasteiger partial charge in [0.05, 0.1) is 18.0 Å². The van der Waals surface area contributed by atoms with Gasteiger partial charge in [-0.3, -0.25) is 0 Å². The molecule has 2 aliphatic heterocycles. The highest BCUT2D eigenvalue weighted by molar-refractivity contribution is 5.29. The van der Waals surface area contributed by atoms with Crippen LogP contribution in [0.2, 0.25) is 0 Å². The summed E-state index contributed by atoms with van der Waals surface area (Å²) < 4.78 is 6.92. The van der Waals surface area contributed by atoms with E-state index < -0.39 is 0 Å². The van der Waals surface area contributed by atoms with Crippen molar-refractivity contribution in [3.8, 4) is 0 Å². The van der Waals surface area contributed by atoms with Gasteiger partial charge >= 0.3 is 0 Å². The molecular weight excluding hydrogens is 382 g/mol. The van der Waals surface area contributed by atoms with Crippen LogP contribution in [0.3, 0.4) is 0 Å². The molecule has 3 heteroatoms. The average molecular weight is 426 g/mol. The van der Waals surface area contributed by atoms with Gasteiger partial charge in [0.2, 0.25) is 0 Å². The van der Waals surface area contributed by atoms with Crippen molar-refractivity contribution in [2.45, 2.75) is 109 Å². The van der Waals surface area contributed by atoms with Gasteiger partial charge in [-0.15, -0.1) is 0 Å². The number of rotatable bonds is 0. The topological polar surface area (TPSA) is 41.5 Å². The van der Waals surface area contributed by atoms with Gasteiger partial charge in [-0.1, -0.05) is 25.0 Å². The minimum Gasteiger partial charge on any atom is -0.516 e. The molecule has 4 aliphatic carbocycles. The molecule has 0 aromatic carbocycles. The molecule has 0 radical (unpaired) electrons. The summed E-state index contributed by atoms with van der Waals surface area (Å²) in [4.78, 5) is 0.